The van der Waals surface area contributed by atoms with Crippen LogP contribution in [-0.2, 0) is 9.53 Å². The molecule has 0 fully saturated rings. The molecule has 2 nitrogen and oxygen atoms in total. The van der Waals surface area contributed by atoms with Crippen LogP contribution in [0.4, 0.5) is 13.2 Å². The lowest BCUT2D eigenvalue weighted by atomic mass is 10.2. The quantitative estimate of drug-likeness (QED) is 0.428. The van der Waals surface area contributed by atoms with Crippen LogP contribution in [0.2, 0.25) is 0 Å². The Morgan fingerprint density at radius 3 is 2.39 bits per heavy atom. The molecular formula is C13H15F3O2. The molecule has 0 saturated heterocycles. The van der Waals surface area contributed by atoms with E-state index in [0.29, 0.717) is 5.57 Å². The average molecular weight is 260 g/mol. The third-order valence-corrected chi connectivity index (χ3v) is 1.81. The van der Waals surface area contributed by atoms with Crippen molar-refractivity contribution in [1.29, 1.82) is 0 Å². The summed E-state index contributed by atoms with van der Waals surface area (Å²) in [5.74, 6) is -0.520. The highest BCUT2D eigenvalue weighted by molar-refractivity contribution is 5.82. The lowest BCUT2D eigenvalue weighted by Gasteiger charge is -2.04. The molecule has 0 bridgehead atoms. The summed E-state index contributed by atoms with van der Waals surface area (Å²) in [6.07, 6.45) is 1.75. The van der Waals surface area contributed by atoms with E-state index in [1.54, 1.807) is 0 Å². The van der Waals surface area contributed by atoms with Crippen LogP contribution >= 0.6 is 0 Å². The summed E-state index contributed by atoms with van der Waals surface area (Å²) in [4.78, 5) is 10.7. The standard InChI is InChI=1S/C13H15F3O2/c1-10(7-8-12(17)18-3)5-4-6-11(2)9-13(14,15)16/h4-8H,1,9H2,2-3H3. The van der Waals surface area contributed by atoms with Crippen LogP contribution in [0.1, 0.15) is 13.3 Å². The molecule has 0 N–H and O–H groups in total. The van der Waals surface area contributed by atoms with Gasteiger partial charge in [-0.15, -0.1) is 0 Å². The van der Waals surface area contributed by atoms with Gasteiger partial charge in [-0.05, 0) is 18.6 Å². The monoisotopic (exact) mass is 260 g/mol. The molecule has 100 valence electrons. The van der Waals surface area contributed by atoms with Crippen molar-refractivity contribution < 1.29 is 22.7 Å². The van der Waals surface area contributed by atoms with Gasteiger partial charge in [0.05, 0.1) is 13.5 Å². The van der Waals surface area contributed by atoms with Gasteiger partial charge in [0.1, 0.15) is 0 Å². The molecule has 0 radical (unpaired) electrons. The molecule has 0 atom stereocenters. The molecule has 0 heterocycles. The molecule has 0 aromatic carbocycles. The van der Waals surface area contributed by atoms with Gasteiger partial charge < -0.3 is 4.74 Å². The molecule has 0 aromatic rings. The van der Waals surface area contributed by atoms with Gasteiger partial charge in [0.15, 0.2) is 0 Å². The van der Waals surface area contributed by atoms with Gasteiger partial charge in [-0.1, -0.05) is 30.4 Å². The second kappa shape index (κ2) is 7.53. The zero-order valence-corrected chi connectivity index (χ0v) is 10.3. The SMILES string of the molecule is C=C(C=CC=C(C)CC(F)(F)F)C=CC(=O)OC. The van der Waals surface area contributed by atoms with E-state index in [1.165, 1.54) is 44.4 Å². The summed E-state index contributed by atoms with van der Waals surface area (Å²) < 4.78 is 40.4. The Morgan fingerprint density at radius 2 is 1.89 bits per heavy atom. The smallest absolute Gasteiger partial charge is 0.392 e. The molecule has 0 aliphatic rings. The highest BCUT2D eigenvalue weighted by atomic mass is 19.4. The molecule has 0 unspecified atom stereocenters. The van der Waals surface area contributed by atoms with Gasteiger partial charge in [-0.2, -0.15) is 13.2 Å². The number of ether oxygens (including phenoxy) is 1. The first-order chi connectivity index (χ1) is 8.24. The largest absolute Gasteiger partial charge is 0.466 e. The zero-order chi connectivity index (χ0) is 14.2. The first-order valence-electron chi connectivity index (χ1n) is 5.10. The number of esters is 1. The van der Waals surface area contributed by atoms with Crippen molar-refractivity contribution in [3.05, 3.63) is 48.1 Å². The Hall–Kier alpha value is -1.78. The first-order valence-corrected chi connectivity index (χ1v) is 5.10. The summed E-state index contributed by atoms with van der Waals surface area (Å²) >= 11 is 0. The first kappa shape index (κ1) is 16.2. The van der Waals surface area contributed by atoms with Crippen LogP contribution in [0.25, 0.3) is 0 Å². The predicted octanol–water partition coefficient (Wildman–Crippen LogP) is 3.73. The van der Waals surface area contributed by atoms with Crippen LogP contribution < -0.4 is 0 Å². The van der Waals surface area contributed by atoms with Crippen molar-refractivity contribution >= 4 is 5.97 Å². The second-order valence-corrected chi connectivity index (χ2v) is 3.60. The second-order valence-electron chi connectivity index (χ2n) is 3.60. The van der Waals surface area contributed by atoms with E-state index in [0.717, 1.165) is 0 Å². The predicted molar refractivity (Wildman–Crippen MR) is 63.9 cm³/mol. The van der Waals surface area contributed by atoms with Crippen LogP contribution in [-0.4, -0.2) is 19.3 Å². The minimum Gasteiger partial charge on any atom is -0.466 e. The maximum absolute atomic E-state index is 12.0. The van der Waals surface area contributed by atoms with Crippen LogP contribution in [0.15, 0.2) is 48.1 Å². The Kier molecular flexibility index (Phi) is 6.78. The van der Waals surface area contributed by atoms with Crippen molar-refractivity contribution in [2.24, 2.45) is 0 Å². The van der Waals surface area contributed by atoms with E-state index in [-0.39, 0.29) is 5.57 Å². The average Bonchev–Trinajstić information content (AvgIpc) is 2.23. The number of hydrogen-bond acceptors (Lipinski definition) is 2. The number of carbonyl (C=O) groups is 1. The minimum atomic E-state index is -4.20. The van der Waals surface area contributed by atoms with Gasteiger partial charge in [0.25, 0.3) is 0 Å². The van der Waals surface area contributed by atoms with E-state index in [4.69, 9.17) is 0 Å². The Morgan fingerprint density at radius 1 is 1.28 bits per heavy atom. The van der Waals surface area contributed by atoms with E-state index in [1.807, 2.05) is 0 Å². The molecule has 0 aromatic heterocycles. The maximum Gasteiger partial charge on any atom is 0.392 e. The van der Waals surface area contributed by atoms with Crippen molar-refractivity contribution in [2.45, 2.75) is 19.5 Å². The molecular weight excluding hydrogens is 245 g/mol. The number of allylic oxidation sites excluding steroid dienone is 6. The molecule has 0 amide bonds. The van der Waals surface area contributed by atoms with Crippen LogP contribution in [0.5, 0.6) is 0 Å². The van der Waals surface area contributed by atoms with Crippen molar-refractivity contribution in [1.82, 2.24) is 0 Å². The minimum absolute atomic E-state index is 0.198. The molecule has 0 aliphatic heterocycles. The summed E-state index contributed by atoms with van der Waals surface area (Å²) in [5.41, 5.74) is 0.681. The number of alkyl halides is 3. The van der Waals surface area contributed by atoms with E-state index in [9.17, 15) is 18.0 Å². The van der Waals surface area contributed by atoms with Gasteiger partial charge in [0, 0.05) is 6.08 Å². The highest BCUT2D eigenvalue weighted by Crippen LogP contribution is 2.23. The molecule has 0 rings (SSSR count). The normalized spacial score (nSPS) is 13.3. The number of hydrogen-bond donors (Lipinski definition) is 0. The van der Waals surface area contributed by atoms with Gasteiger partial charge in [0.2, 0.25) is 0 Å². The Bertz CT molecular complexity index is 388. The van der Waals surface area contributed by atoms with E-state index in [2.05, 4.69) is 11.3 Å². The van der Waals surface area contributed by atoms with Crippen molar-refractivity contribution in [3.8, 4) is 0 Å². The number of methoxy groups -OCH3 is 1. The fourth-order valence-corrected chi connectivity index (χ4v) is 1.01. The van der Waals surface area contributed by atoms with Crippen LogP contribution in [0, 0.1) is 0 Å². The van der Waals surface area contributed by atoms with Crippen molar-refractivity contribution in [2.75, 3.05) is 7.11 Å². The Labute approximate surface area is 104 Å². The molecule has 0 saturated carbocycles. The van der Waals surface area contributed by atoms with Gasteiger partial charge in [-0.3, -0.25) is 0 Å². The lowest BCUT2D eigenvalue weighted by molar-refractivity contribution is -0.134. The number of rotatable bonds is 5. The summed E-state index contributed by atoms with van der Waals surface area (Å²) in [6.45, 7) is 4.99. The molecule has 0 spiro atoms. The van der Waals surface area contributed by atoms with E-state index >= 15 is 0 Å². The van der Waals surface area contributed by atoms with Gasteiger partial charge in [-0.25, -0.2) is 4.79 Å². The maximum atomic E-state index is 12.0. The molecule has 18 heavy (non-hydrogen) atoms. The summed E-state index contributed by atoms with van der Waals surface area (Å²) in [7, 11) is 1.24. The number of halogens is 3. The van der Waals surface area contributed by atoms with Gasteiger partial charge >= 0.3 is 12.1 Å². The lowest BCUT2D eigenvalue weighted by Crippen LogP contribution is -2.06. The van der Waals surface area contributed by atoms with E-state index < -0.39 is 18.6 Å². The fourth-order valence-electron chi connectivity index (χ4n) is 1.01. The Balaban J connectivity index is 4.32. The topological polar surface area (TPSA) is 26.3 Å². The van der Waals surface area contributed by atoms with Crippen LogP contribution in [0.3, 0.4) is 0 Å². The summed E-state index contributed by atoms with van der Waals surface area (Å²) in [6, 6.07) is 0. The number of carbonyl (C=O) groups excluding carboxylic acids is 1. The zero-order valence-electron chi connectivity index (χ0n) is 10.3. The summed E-state index contributed by atoms with van der Waals surface area (Å²) in [5, 5.41) is 0. The van der Waals surface area contributed by atoms with Crippen molar-refractivity contribution in [3.63, 3.8) is 0 Å². The fraction of sp³-hybridized carbons (Fsp3) is 0.308. The third kappa shape index (κ3) is 9.45. The highest BCUT2D eigenvalue weighted by Gasteiger charge is 2.26. The third-order valence-electron chi connectivity index (χ3n) is 1.81. The molecule has 0 aliphatic carbocycles. The molecule has 5 heteroatoms.